The van der Waals surface area contributed by atoms with Crippen molar-refractivity contribution < 1.29 is 4.42 Å². The Morgan fingerprint density at radius 2 is 2.11 bits per heavy atom. The van der Waals surface area contributed by atoms with E-state index < -0.39 is 0 Å². The number of fused-ring (bicyclic) bond motifs is 1. The highest BCUT2D eigenvalue weighted by Crippen LogP contribution is 2.32. The predicted octanol–water partition coefficient (Wildman–Crippen LogP) is 4.29. The van der Waals surface area contributed by atoms with E-state index in [0.29, 0.717) is 16.6 Å². The van der Waals surface area contributed by atoms with Crippen LogP contribution in [0.1, 0.15) is 12.5 Å². The number of anilines is 1. The first kappa shape index (κ1) is 12.1. The third kappa shape index (κ3) is 2.06. The summed E-state index contributed by atoms with van der Waals surface area (Å²) in [5.41, 5.74) is 10.0. The van der Waals surface area contributed by atoms with Crippen LogP contribution >= 0.6 is 11.6 Å². The lowest BCUT2D eigenvalue weighted by molar-refractivity contribution is 0.620. The Labute approximate surface area is 116 Å². The SMILES string of the molecule is CCc1ccc2oc(-c3cccc(Cl)c3N)nc2c1. The molecule has 0 spiro atoms. The van der Waals surface area contributed by atoms with Gasteiger partial charge in [0.15, 0.2) is 5.58 Å². The minimum absolute atomic E-state index is 0.492. The van der Waals surface area contributed by atoms with Gasteiger partial charge < -0.3 is 10.2 Å². The van der Waals surface area contributed by atoms with Crippen molar-refractivity contribution in [1.29, 1.82) is 0 Å². The average Bonchev–Trinajstić information content (AvgIpc) is 2.84. The minimum atomic E-state index is 0.492. The van der Waals surface area contributed by atoms with Gasteiger partial charge in [0, 0.05) is 0 Å². The van der Waals surface area contributed by atoms with Crippen LogP contribution in [0, 0.1) is 0 Å². The monoisotopic (exact) mass is 272 g/mol. The van der Waals surface area contributed by atoms with Crippen molar-refractivity contribution in [2.45, 2.75) is 13.3 Å². The van der Waals surface area contributed by atoms with Gasteiger partial charge in [-0.3, -0.25) is 0 Å². The topological polar surface area (TPSA) is 52.0 Å². The molecule has 1 heterocycles. The summed E-state index contributed by atoms with van der Waals surface area (Å²) in [5.74, 6) is 0.503. The molecule has 0 radical (unpaired) electrons. The standard InChI is InChI=1S/C15H13ClN2O/c1-2-9-6-7-13-12(8-9)18-15(19-13)10-4-3-5-11(16)14(10)17/h3-8H,2,17H2,1H3. The molecule has 96 valence electrons. The van der Waals surface area contributed by atoms with Crippen molar-refractivity contribution in [3.05, 3.63) is 47.0 Å². The Morgan fingerprint density at radius 3 is 2.89 bits per heavy atom. The van der Waals surface area contributed by atoms with Crippen molar-refractivity contribution in [1.82, 2.24) is 4.98 Å². The van der Waals surface area contributed by atoms with Crippen molar-refractivity contribution in [2.75, 3.05) is 5.73 Å². The largest absolute Gasteiger partial charge is 0.436 e. The first-order valence-corrected chi connectivity index (χ1v) is 6.50. The molecule has 0 aliphatic rings. The molecular weight excluding hydrogens is 260 g/mol. The van der Waals surface area contributed by atoms with E-state index in [1.54, 1.807) is 6.07 Å². The molecule has 0 fully saturated rings. The molecule has 0 aliphatic carbocycles. The van der Waals surface area contributed by atoms with Gasteiger partial charge in [-0.25, -0.2) is 4.98 Å². The highest BCUT2D eigenvalue weighted by Gasteiger charge is 2.12. The van der Waals surface area contributed by atoms with E-state index >= 15 is 0 Å². The Morgan fingerprint density at radius 1 is 1.26 bits per heavy atom. The second kappa shape index (κ2) is 4.59. The van der Waals surface area contributed by atoms with Crippen LogP contribution in [0.25, 0.3) is 22.6 Å². The smallest absolute Gasteiger partial charge is 0.229 e. The summed E-state index contributed by atoms with van der Waals surface area (Å²) in [6, 6.07) is 11.4. The number of rotatable bonds is 2. The number of aryl methyl sites for hydroxylation is 1. The average molecular weight is 273 g/mol. The van der Waals surface area contributed by atoms with E-state index in [4.69, 9.17) is 21.8 Å². The third-order valence-electron chi connectivity index (χ3n) is 3.14. The second-order valence-electron chi connectivity index (χ2n) is 4.38. The summed E-state index contributed by atoms with van der Waals surface area (Å²) in [7, 11) is 0. The minimum Gasteiger partial charge on any atom is -0.436 e. The summed E-state index contributed by atoms with van der Waals surface area (Å²) in [6.45, 7) is 2.11. The highest BCUT2D eigenvalue weighted by molar-refractivity contribution is 6.33. The summed E-state index contributed by atoms with van der Waals surface area (Å²) in [4.78, 5) is 4.49. The van der Waals surface area contributed by atoms with Crippen molar-refractivity contribution in [3.63, 3.8) is 0 Å². The lowest BCUT2D eigenvalue weighted by Gasteiger charge is -2.02. The number of hydrogen-bond acceptors (Lipinski definition) is 3. The van der Waals surface area contributed by atoms with Gasteiger partial charge in [0.2, 0.25) is 5.89 Å². The molecule has 1 aromatic heterocycles. The predicted molar refractivity (Wildman–Crippen MR) is 78.2 cm³/mol. The molecule has 3 nitrogen and oxygen atoms in total. The van der Waals surface area contributed by atoms with E-state index in [1.807, 2.05) is 30.3 Å². The Kier molecular flexibility index (Phi) is 2.91. The first-order valence-electron chi connectivity index (χ1n) is 6.13. The fourth-order valence-electron chi connectivity index (χ4n) is 2.03. The van der Waals surface area contributed by atoms with Gasteiger partial charge in [0.25, 0.3) is 0 Å². The summed E-state index contributed by atoms with van der Waals surface area (Å²) in [6.07, 6.45) is 0.970. The molecule has 0 amide bonds. The van der Waals surface area contributed by atoms with Crippen molar-refractivity contribution in [3.8, 4) is 11.5 Å². The molecule has 2 aromatic carbocycles. The fourth-order valence-corrected chi connectivity index (χ4v) is 2.21. The third-order valence-corrected chi connectivity index (χ3v) is 3.47. The summed E-state index contributed by atoms with van der Waals surface area (Å²) in [5, 5.41) is 0.508. The summed E-state index contributed by atoms with van der Waals surface area (Å²) < 4.78 is 5.74. The van der Waals surface area contributed by atoms with Crippen LogP contribution in [0.15, 0.2) is 40.8 Å². The second-order valence-corrected chi connectivity index (χ2v) is 4.78. The van der Waals surface area contributed by atoms with Gasteiger partial charge in [-0.1, -0.05) is 30.7 Å². The molecule has 4 heteroatoms. The zero-order valence-electron chi connectivity index (χ0n) is 10.5. The van der Waals surface area contributed by atoms with Crippen LogP contribution in [0.4, 0.5) is 5.69 Å². The number of benzene rings is 2. The molecule has 0 aliphatic heterocycles. The molecule has 0 unspecified atom stereocenters. The molecule has 0 saturated heterocycles. The van der Waals surface area contributed by atoms with Crippen LogP contribution < -0.4 is 5.73 Å². The number of nitrogens with two attached hydrogens (primary N) is 1. The lowest BCUT2D eigenvalue weighted by Crippen LogP contribution is -1.90. The number of oxazole rings is 1. The normalized spacial score (nSPS) is 11.1. The molecule has 2 N–H and O–H groups in total. The Bertz CT molecular complexity index is 749. The molecule has 0 atom stereocenters. The first-order chi connectivity index (χ1) is 9.19. The maximum atomic E-state index is 6.02. The zero-order valence-corrected chi connectivity index (χ0v) is 11.2. The van der Waals surface area contributed by atoms with Crippen LogP contribution in [-0.2, 0) is 6.42 Å². The van der Waals surface area contributed by atoms with E-state index in [9.17, 15) is 0 Å². The van der Waals surface area contributed by atoms with Gasteiger partial charge in [0.05, 0.1) is 16.3 Å². The zero-order chi connectivity index (χ0) is 13.4. The molecule has 0 bridgehead atoms. The molecular formula is C15H13ClN2O. The van der Waals surface area contributed by atoms with Crippen LogP contribution in [-0.4, -0.2) is 4.98 Å². The quantitative estimate of drug-likeness (QED) is 0.708. The fraction of sp³-hybridized carbons (Fsp3) is 0.133. The number of para-hydroxylation sites is 1. The van der Waals surface area contributed by atoms with E-state index in [0.717, 1.165) is 23.1 Å². The van der Waals surface area contributed by atoms with Crippen molar-refractivity contribution in [2.24, 2.45) is 0 Å². The maximum absolute atomic E-state index is 6.02. The number of nitrogen functional groups attached to an aromatic ring is 1. The Hall–Kier alpha value is -2.00. The van der Waals surface area contributed by atoms with Gasteiger partial charge >= 0.3 is 0 Å². The van der Waals surface area contributed by atoms with Crippen LogP contribution in [0.2, 0.25) is 5.02 Å². The highest BCUT2D eigenvalue weighted by atomic mass is 35.5. The van der Waals surface area contributed by atoms with Gasteiger partial charge in [0.1, 0.15) is 5.52 Å². The number of hydrogen-bond donors (Lipinski definition) is 1. The van der Waals surface area contributed by atoms with Crippen molar-refractivity contribution >= 4 is 28.4 Å². The van der Waals surface area contributed by atoms with Gasteiger partial charge in [-0.2, -0.15) is 0 Å². The van der Waals surface area contributed by atoms with Gasteiger partial charge in [-0.15, -0.1) is 0 Å². The van der Waals surface area contributed by atoms with Crippen LogP contribution in [0.5, 0.6) is 0 Å². The molecule has 3 rings (SSSR count). The van der Waals surface area contributed by atoms with Crippen LogP contribution in [0.3, 0.4) is 0 Å². The lowest BCUT2D eigenvalue weighted by atomic mass is 10.1. The number of aromatic nitrogens is 1. The van der Waals surface area contributed by atoms with E-state index in [1.165, 1.54) is 5.56 Å². The Balaban J connectivity index is 2.18. The summed E-state index contributed by atoms with van der Waals surface area (Å²) >= 11 is 6.02. The molecule has 0 saturated carbocycles. The number of nitrogens with zero attached hydrogens (tertiary/aromatic N) is 1. The molecule has 19 heavy (non-hydrogen) atoms. The molecule has 3 aromatic rings. The van der Waals surface area contributed by atoms with Gasteiger partial charge in [-0.05, 0) is 36.2 Å². The van der Waals surface area contributed by atoms with E-state index in [2.05, 4.69) is 11.9 Å². The number of halogens is 1. The van der Waals surface area contributed by atoms with E-state index in [-0.39, 0.29) is 0 Å². The maximum Gasteiger partial charge on any atom is 0.229 e.